The summed E-state index contributed by atoms with van der Waals surface area (Å²) in [6.45, 7) is 4.96. The summed E-state index contributed by atoms with van der Waals surface area (Å²) < 4.78 is 47.8. The second kappa shape index (κ2) is 14.3. The van der Waals surface area contributed by atoms with Crippen molar-refractivity contribution >= 4 is 43.8 Å². The summed E-state index contributed by atoms with van der Waals surface area (Å²) in [5, 5.41) is 7.56. The SMILES string of the molecule is CC.CS(=O)(=O)CCNCc1ccc(-c2ccc3ncnc(Nc4ccc(OCc5cccc(F)c5)c(Cl)c4)c3c2)o1. The minimum Gasteiger partial charge on any atom is -0.487 e. The smallest absolute Gasteiger partial charge is 0.148 e. The van der Waals surface area contributed by atoms with Gasteiger partial charge in [-0.1, -0.05) is 37.6 Å². The third-order valence-electron chi connectivity index (χ3n) is 6.01. The molecule has 3 aromatic carbocycles. The molecular weight excluding hydrogens is 579 g/mol. The molecule has 220 valence electrons. The molecule has 0 bridgehead atoms. The first kappa shape index (κ1) is 31.0. The van der Waals surface area contributed by atoms with Crippen LogP contribution < -0.4 is 15.4 Å². The van der Waals surface area contributed by atoms with Crippen LogP contribution in [-0.4, -0.2) is 36.9 Å². The zero-order valence-corrected chi connectivity index (χ0v) is 25.1. The number of hydrogen-bond acceptors (Lipinski definition) is 8. The van der Waals surface area contributed by atoms with Crippen LogP contribution in [0.1, 0.15) is 25.2 Å². The van der Waals surface area contributed by atoms with Crippen LogP contribution >= 0.6 is 11.6 Å². The van der Waals surface area contributed by atoms with Crippen molar-refractivity contribution in [2.45, 2.75) is 27.0 Å². The number of furan rings is 1. The predicted molar refractivity (Wildman–Crippen MR) is 165 cm³/mol. The van der Waals surface area contributed by atoms with Gasteiger partial charge in [0.05, 0.1) is 22.8 Å². The zero-order chi connectivity index (χ0) is 30.1. The fraction of sp³-hybridized carbons (Fsp3) is 0.226. The van der Waals surface area contributed by atoms with Crippen LogP contribution in [0, 0.1) is 5.82 Å². The van der Waals surface area contributed by atoms with Gasteiger partial charge in [0.2, 0.25) is 0 Å². The molecule has 0 fully saturated rings. The van der Waals surface area contributed by atoms with E-state index in [0.717, 1.165) is 16.5 Å². The molecule has 0 unspecified atom stereocenters. The van der Waals surface area contributed by atoms with E-state index < -0.39 is 9.84 Å². The Kier molecular flexibility index (Phi) is 10.5. The van der Waals surface area contributed by atoms with E-state index >= 15 is 0 Å². The van der Waals surface area contributed by atoms with Crippen LogP contribution in [0.15, 0.2) is 83.5 Å². The van der Waals surface area contributed by atoms with Crippen LogP contribution in [0.5, 0.6) is 5.75 Å². The van der Waals surface area contributed by atoms with Gasteiger partial charge in [0, 0.05) is 29.4 Å². The molecule has 0 saturated carbocycles. The van der Waals surface area contributed by atoms with Crippen molar-refractivity contribution in [1.29, 1.82) is 0 Å². The van der Waals surface area contributed by atoms with Crippen molar-refractivity contribution in [1.82, 2.24) is 15.3 Å². The van der Waals surface area contributed by atoms with E-state index in [-0.39, 0.29) is 18.2 Å². The Morgan fingerprint density at radius 2 is 1.83 bits per heavy atom. The number of aromatic nitrogens is 2. The van der Waals surface area contributed by atoms with E-state index in [0.29, 0.717) is 52.5 Å². The quantitative estimate of drug-likeness (QED) is 0.152. The molecule has 2 aromatic heterocycles. The van der Waals surface area contributed by atoms with Crippen LogP contribution in [0.2, 0.25) is 5.02 Å². The standard InChI is InChI=1S/C29H26ClFN4O4S.C2H6/c1-40(36,37)12-11-32-16-23-7-10-27(39-23)20-5-8-26-24(14-20)29(34-18-33-26)35-22-6-9-28(25(30)15-22)38-17-19-3-2-4-21(31)13-19;1-2/h2-10,13-15,18,32H,11-12,16-17H2,1H3,(H,33,34,35);1-2H3. The maximum Gasteiger partial charge on any atom is 0.148 e. The number of rotatable bonds is 11. The zero-order valence-electron chi connectivity index (χ0n) is 23.5. The fourth-order valence-electron chi connectivity index (χ4n) is 4.03. The minimum atomic E-state index is -3.02. The average molecular weight is 611 g/mol. The highest BCUT2D eigenvalue weighted by atomic mass is 35.5. The number of ether oxygens (including phenoxy) is 1. The maximum absolute atomic E-state index is 13.4. The van der Waals surface area contributed by atoms with Gasteiger partial charge >= 0.3 is 0 Å². The summed E-state index contributed by atoms with van der Waals surface area (Å²) >= 11 is 6.47. The number of anilines is 2. The predicted octanol–water partition coefficient (Wildman–Crippen LogP) is 7.17. The molecule has 8 nitrogen and oxygen atoms in total. The molecule has 0 aliphatic rings. The highest BCUT2D eigenvalue weighted by Gasteiger charge is 2.11. The molecular formula is C31H32ClFN4O4S. The number of nitrogens with one attached hydrogen (secondary N) is 2. The molecule has 5 rings (SSSR count). The molecule has 2 N–H and O–H groups in total. The fourth-order valence-corrected chi connectivity index (χ4v) is 4.78. The molecule has 0 radical (unpaired) electrons. The van der Waals surface area contributed by atoms with Crippen LogP contribution in [0.25, 0.3) is 22.2 Å². The molecule has 0 amide bonds. The Hall–Kier alpha value is -3.99. The van der Waals surface area contributed by atoms with Gasteiger partial charge < -0.3 is 19.8 Å². The normalized spacial score (nSPS) is 11.2. The maximum atomic E-state index is 13.4. The van der Waals surface area contributed by atoms with E-state index in [2.05, 4.69) is 20.6 Å². The lowest BCUT2D eigenvalue weighted by atomic mass is 10.1. The molecule has 0 spiro atoms. The summed E-state index contributed by atoms with van der Waals surface area (Å²) in [5.41, 5.74) is 2.99. The first-order valence-electron chi connectivity index (χ1n) is 13.4. The third-order valence-corrected chi connectivity index (χ3v) is 7.25. The van der Waals surface area contributed by atoms with Gasteiger partial charge in [-0.05, 0) is 66.2 Å². The number of sulfone groups is 1. The van der Waals surface area contributed by atoms with Crippen LogP contribution in [0.3, 0.4) is 0 Å². The van der Waals surface area contributed by atoms with Crippen molar-refractivity contribution < 1.29 is 22.0 Å². The topological polar surface area (TPSA) is 106 Å². The lowest BCUT2D eigenvalue weighted by Crippen LogP contribution is -2.21. The monoisotopic (exact) mass is 610 g/mol. The Balaban J connectivity index is 0.00000198. The van der Waals surface area contributed by atoms with Gasteiger partial charge in [0.1, 0.15) is 51.7 Å². The van der Waals surface area contributed by atoms with Gasteiger partial charge in [0.15, 0.2) is 0 Å². The van der Waals surface area contributed by atoms with Gasteiger partial charge in [-0.3, -0.25) is 0 Å². The van der Waals surface area contributed by atoms with E-state index in [9.17, 15) is 12.8 Å². The van der Waals surface area contributed by atoms with Crippen molar-refractivity contribution in [2.24, 2.45) is 0 Å². The lowest BCUT2D eigenvalue weighted by molar-refractivity contribution is 0.306. The van der Waals surface area contributed by atoms with Gasteiger partial charge in [-0.15, -0.1) is 0 Å². The molecule has 0 aliphatic carbocycles. The van der Waals surface area contributed by atoms with E-state index in [1.54, 1.807) is 24.3 Å². The second-order valence-electron chi connectivity index (χ2n) is 9.22. The Labute approximate surface area is 249 Å². The van der Waals surface area contributed by atoms with E-state index in [1.807, 2.05) is 50.2 Å². The number of nitrogens with zero attached hydrogens (tertiary/aromatic N) is 2. The molecule has 0 aliphatic heterocycles. The summed E-state index contributed by atoms with van der Waals surface area (Å²) in [4.78, 5) is 8.80. The Morgan fingerprint density at radius 3 is 2.60 bits per heavy atom. The van der Waals surface area contributed by atoms with Crippen LogP contribution in [0.4, 0.5) is 15.9 Å². The number of fused-ring (bicyclic) bond motifs is 1. The highest BCUT2D eigenvalue weighted by Crippen LogP contribution is 2.32. The molecule has 42 heavy (non-hydrogen) atoms. The van der Waals surface area contributed by atoms with E-state index in [4.69, 9.17) is 20.8 Å². The number of hydrogen-bond donors (Lipinski definition) is 2. The first-order valence-corrected chi connectivity index (χ1v) is 15.8. The van der Waals surface area contributed by atoms with Gasteiger partial charge in [0.25, 0.3) is 0 Å². The third kappa shape index (κ3) is 8.51. The molecule has 0 saturated heterocycles. The lowest BCUT2D eigenvalue weighted by Gasteiger charge is -2.12. The van der Waals surface area contributed by atoms with Crippen LogP contribution in [-0.2, 0) is 23.0 Å². The molecule has 5 aromatic rings. The summed E-state index contributed by atoms with van der Waals surface area (Å²) in [6.07, 6.45) is 2.69. The van der Waals surface area contributed by atoms with Crippen molar-refractivity contribution in [3.63, 3.8) is 0 Å². The second-order valence-corrected chi connectivity index (χ2v) is 11.9. The minimum absolute atomic E-state index is 0.0664. The Bertz CT molecular complexity index is 1760. The molecule has 11 heteroatoms. The Morgan fingerprint density at radius 1 is 1.00 bits per heavy atom. The highest BCUT2D eigenvalue weighted by molar-refractivity contribution is 7.90. The van der Waals surface area contributed by atoms with Crippen molar-refractivity contribution in [3.05, 3.63) is 101 Å². The summed E-state index contributed by atoms with van der Waals surface area (Å²) in [5.74, 6) is 2.17. The largest absolute Gasteiger partial charge is 0.487 e. The van der Waals surface area contributed by atoms with Crippen molar-refractivity contribution in [2.75, 3.05) is 23.9 Å². The number of halogens is 2. The van der Waals surface area contributed by atoms with Gasteiger partial charge in [-0.2, -0.15) is 0 Å². The first-order chi connectivity index (χ1) is 20.2. The average Bonchev–Trinajstić information content (AvgIpc) is 3.45. The van der Waals surface area contributed by atoms with E-state index in [1.165, 1.54) is 24.7 Å². The summed E-state index contributed by atoms with van der Waals surface area (Å²) in [7, 11) is -3.02. The number of benzene rings is 3. The van der Waals surface area contributed by atoms with Crippen molar-refractivity contribution in [3.8, 4) is 17.1 Å². The molecule has 2 heterocycles. The van der Waals surface area contributed by atoms with Gasteiger partial charge in [-0.25, -0.2) is 22.8 Å². The molecule has 0 atom stereocenters. The summed E-state index contributed by atoms with van der Waals surface area (Å²) in [6, 6.07) is 21.0.